The van der Waals surface area contributed by atoms with E-state index in [1.54, 1.807) is 0 Å². The zero-order valence-electron chi connectivity index (χ0n) is 13.4. The lowest BCUT2D eigenvalue weighted by Gasteiger charge is -2.32. The van der Waals surface area contributed by atoms with Crippen LogP contribution >= 0.6 is 12.4 Å². The van der Waals surface area contributed by atoms with Gasteiger partial charge in [0, 0.05) is 12.0 Å². The lowest BCUT2D eigenvalue weighted by Crippen LogP contribution is -2.56. The van der Waals surface area contributed by atoms with E-state index in [1.807, 2.05) is 0 Å². The van der Waals surface area contributed by atoms with Crippen molar-refractivity contribution in [3.8, 4) is 0 Å². The van der Waals surface area contributed by atoms with Gasteiger partial charge in [0.05, 0.1) is 5.54 Å². The van der Waals surface area contributed by atoms with Gasteiger partial charge in [0.15, 0.2) is 0 Å². The minimum Gasteiger partial charge on any atom is -0.354 e. The third-order valence-corrected chi connectivity index (χ3v) is 5.36. The van der Waals surface area contributed by atoms with Crippen molar-refractivity contribution in [1.82, 2.24) is 5.32 Å². The number of halogens is 1. The molecule has 0 bridgehead atoms. The molecule has 2 fully saturated rings. The van der Waals surface area contributed by atoms with Gasteiger partial charge in [-0.15, -0.1) is 12.4 Å². The number of nitrogens with one attached hydrogen (secondary N) is 1. The van der Waals surface area contributed by atoms with Crippen molar-refractivity contribution in [2.75, 3.05) is 6.54 Å². The van der Waals surface area contributed by atoms with Gasteiger partial charge < -0.3 is 11.1 Å². The highest BCUT2D eigenvalue weighted by molar-refractivity contribution is 5.86. The third kappa shape index (κ3) is 3.31. The summed E-state index contributed by atoms with van der Waals surface area (Å²) in [7, 11) is 0. The minimum atomic E-state index is -0.625. The first kappa shape index (κ1) is 17.3. The van der Waals surface area contributed by atoms with Crippen LogP contribution < -0.4 is 11.1 Å². The number of hydrogen-bond donors (Lipinski definition) is 2. The second-order valence-electron chi connectivity index (χ2n) is 6.99. The number of benzene rings is 1. The molecule has 0 unspecified atom stereocenters. The van der Waals surface area contributed by atoms with Gasteiger partial charge in [0.1, 0.15) is 0 Å². The summed E-state index contributed by atoms with van der Waals surface area (Å²) in [6.07, 6.45) is 7.34. The van der Waals surface area contributed by atoms with Crippen LogP contribution in [0, 0.1) is 6.92 Å². The number of aryl methyl sites for hydroxylation is 1. The maximum Gasteiger partial charge on any atom is 0.240 e. The predicted octanol–water partition coefficient (Wildman–Crippen LogP) is 3.23. The largest absolute Gasteiger partial charge is 0.354 e. The fourth-order valence-corrected chi connectivity index (χ4v) is 3.70. The van der Waals surface area contributed by atoms with Crippen LogP contribution in [0.15, 0.2) is 24.3 Å². The van der Waals surface area contributed by atoms with Gasteiger partial charge in [0.2, 0.25) is 5.91 Å². The number of amides is 1. The molecule has 3 rings (SSSR count). The first-order chi connectivity index (χ1) is 10.1. The zero-order valence-corrected chi connectivity index (χ0v) is 14.2. The normalized spacial score (nSPS) is 21.5. The van der Waals surface area contributed by atoms with Gasteiger partial charge >= 0.3 is 0 Å². The summed E-state index contributed by atoms with van der Waals surface area (Å²) < 4.78 is 0. The highest BCUT2D eigenvalue weighted by Gasteiger charge is 2.46. The van der Waals surface area contributed by atoms with Crippen molar-refractivity contribution in [2.24, 2.45) is 5.73 Å². The molecule has 0 radical (unpaired) electrons. The van der Waals surface area contributed by atoms with Gasteiger partial charge in [0.25, 0.3) is 0 Å². The highest BCUT2D eigenvalue weighted by Crippen LogP contribution is 2.48. The van der Waals surface area contributed by atoms with Crippen molar-refractivity contribution in [3.63, 3.8) is 0 Å². The Hall–Kier alpha value is -1.06. The fraction of sp³-hybridized carbons (Fsp3) is 0.611. The molecule has 2 aliphatic rings. The number of nitrogens with two attached hydrogens (primary N) is 1. The molecular formula is C18H27ClN2O. The van der Waals surface area contributed by atoms with Gasteiger partial charge in [-0.1, -0.05) is 43.5 Å². The highest BCUT2D eigenvalue weighted by atomic mass is 35.5. The Morgan fingerprint density at radius 2 is 1.77 bits per heavy atom. The van der Waals surface area contributed by atoms with Gasteiger partial charge in [-0.25, -0.2) is 0 Å². The molecule has 22 heavy (non-hydrogen) atoms. The molecule has 0 aliphatic heterocycles. The van der Waals surface area contributed by atoms with E-state index < -0.39 is 5.54 Å². The van der Waals surface area contributed by atoms with Crippen LogP contribution in [0.2, 0.25) is 0 Å². The van der Waals surface area contributed by atoms with Crippen LogP contribution in [0.25, 0.3) is 0 Å². The van der Waals surface area contributed by atoms with E-state index in [-0.39, 0.29) is 23.7 Å². The average molecular weight is 323 g/mol. The number of rotatable bonds is 4. The smallest absolute Gasteiger partial charge is 0.240 e. The maximum atomic E-state index is 12.5. The molecular weight excluding hydrogens is 296 g/mol. The van der Waals surface area contributed by atoms with Crippen molar-refractivity contribution in [3.05, 3.63) is 35.4 Å². The number of hydrogen-bond acceptors (Lipinski definition) is 2. The summed E-state index contributed by atoms with van der Waals surface area (Å²) in [5.74, 6) is 0.0575. The molecule has 3 N–H and O–H groups in total. The molecule has 2 saturated carbocycles. The molecule has 0 saturated heterocycles. The predicted molar refractivity (Wildman–Crippen MR) is 92.4 cm³/mol. The van der Waals surface area contributed by atoms with Crippen molar-refractivity contribution < 1.29 is 4.79 Å². The Balaban J connectivity index is 0.00000176. The average Bonchev–Trinajstić information content (AvgIpc) is 3.27. The van der Waals surface area contributed by atoms with Crippen LogP contribution in [-0.4, -0.2) is 18.0 Å². The number of carbonyl (C=O) groups is 1. The Labute approximate surface area is 139 Å². The second-order valence-corrected chi connectivity index (χ2v) is 6.99. The number of carbonyl (C=O) groups excluding carboxylic acids is 1. The Morgan fingerprint density at radius 1 is 1.14 bits per heavy atom. The lowest BCUT2D eigenvalue weighted by atomic mass is 9.81. The van der Waals surface area contributed by atoms with E-state index in [1.165, 1.54) is 17.5 Å². The second kappa shape index (κ2) is 6.59. The SMILES string of the molecule is Cc1ccccc1C1(CNC(=O)C2(N)CCCCC2)CC1.Cl. The quantitative estimate of drug-likeness (QED) is 0.894. The van der Waals surface area contributed by atoms with E-state index in [4.69, 9.17) is 5.73 Å². The molecule has 0 heterocycles. The van der Waals surface area contributed by atoms with Gasteiger partial charge in [-0.2, -0.15) is 0 Å². The Morgan fingerprint density at radius 3 is 2.36 bits per heavy atom. The minimum absolute atomic E-state index is 0. The van der Waals surface area contributed by atoms with E-state index in [0.717, 1.165) is 45.1 Å². The van der Waals surface area contributed by atoms with Crippen LogP contribution in [-0.2, 0) is 10.2 Å². The van der Waals surface area contributed by atoms with Gasteiger partial charge in [-0.3, -0.25) is 4.79 Å². The Bertz CT molecular complexity index is 534. The van der Waals surface area contributed by atoms with E-state index in [2.05, 4.69) is 36.5 Å². The Kier molecular flexibility index (Phi) is 5.18. The van der Waals surface area contributed by atoms with Crippen LogP contribution in [0.3, 0.4) is 0 Å². The lowest BCUT2D eigenvalue weighted by molar-refractivity contribution is -0.127. The molecule has 1 aromatic carbocycles. The van der Waals surface area contributed by atoms with Crippen molar-refractivity contribution >= 4 is 18.3 Å². The summed E-state index contributed by atoms with van der Waals surface area (Å²) in [4.78, 5) is 12.5. The van der Waals surface area contributed by atoms with E-state index in [0.29, 0.717) is 0 Å². The maximum absolute atomic E-state index is 12.5. The van der Waals surface area contributed by atoms with Crippen molar-refractivity contribution in [2.45, 2.75) is 62.8 Å². The fourth-order valence-electron chi connectivity index (χ4n) is 3.70. The molecule has 122 valence electrons. The standard InChI is InChI=1S/C18H26N2O.ClH/c1-14-7-3-4-8-15(14)17(11-12-17)13-20-16(21)18(19)9-5-2-6-10-18;/h3-4,7-8H,2,5-6,9-13,19H2,1H3,(H,20,21);1H. The summed E-state index contributed by atoms with van der Waals surface area (Å²) in [6.45, 7) is 2.89. The first-order valence-corrected chi connectivity index (χ1v) is 8.19. The van der Waals surface area contributed by atoms with Gasteiger partial charge in [-0.05, 0) is 43.7 Å². The molecule has 0 spiro atoms. The van der Waals surface area contributed by atoms with E-state index >= 15 is 0 Å². The van der Waals surface area contributed by atoms with Crippen LogP contribution in [0.4, 0.5) is 0 Å². The molecule has 3 nitrogen and oxygen atoms in total. The summed E-state index contributed by atoms with van der Waals surface area (Å²) in [6, 6.07) is 8.52. The topological polar surface area (TPSA) is 55.1 Å². The molecule has 1 amide bonds. The molecule has 2 aliphatic carbocycles. The zero-order chi connectivity index (χ0) is 14.9. The van der Waals surface area contributed by atoms with Crippen LogP contribution in [0.5, 0.6) is 0 Å². The van der Waals surface area contributed by atoms with E-state index in [9.17, 15) is 4.79 Å². The monoisotopic (exact) mass is 322 g/mol. The summed E-state index contributed by atoms with van der Waals surface area (Å²) >= 11 is 0. The molecule has 0 atom stereocenters. The van der Waals surface area contributed by atoms with Crippen molar-refractivity contribution in [1.29, 1.82) is 0 Å². The summed E-state index contributed by atoms with van der Waals surface area (Å²) in [5, 5.41) is 3.16. The summed E-state index contributed by atoms with van der Waals surface area (Å²) in [5.41, 5.74) is 8.56. The first-order valence-electron chi connectivity index (χ1n) is 8.19. The molecule has 0 aromatic heterocycles. The molecule has 1 aromatic rings. The molecule has 4 heteroatoms. The van der Waals surface area contributed by atoms with Crippen LogP contribution in [0.1, 0.15) is 56.1 Å². The third-order valence-electron chi connectivity index (χ3n) is 5.36.